The molecular formula is C10H12N2O3. The molecule has 80 valence electrons. The molecule has 2 rings (SSSR count). The molecular weight excluding hydrogens is 196 g/mol. The fourth-order valence-corrected chi connectivity index (χ4v) is 1.34. The van der Waals surface area contributed by atoms with E-state index in [2.05, 4.69) is 5.16 Å². The van der Waals surface area contributed by atoms with Crippen LogP contribution in [0.25, 0.3) is 11.0 Å². The fraction of sp³-hybridized carbons (Fsp3) is 0.300. The molecule has 0 aliphatic rings. The standard InChI is InChI=1S/C10H12N2O3/c1-13-8-4-2-3-7-9(8)15-12-10(7)14-6-5-11/h2-4H,5-6,11H2,1H3. The van der Waals surface area contributed by atoms with E-state index in [-0.39, 0.29) is 0 Å². The van der Waals surface area contributed by atoms with Crippen LogP contribution in [0.1, 0.15) is 0 Å². The third-order valence-electron chi connectivity index (χ3n) is 2.01. The van der Waals surface area contributed by atoms with E-state index in [0.29, 0.717) is 30.4 Å². The molecule has 0 aliphatic carbocycles. The Bertz CT molecular complexity index is 453. The highest BCUT2D eigenvalue weighted by atomic mass is 16.5. The highest BCUT2D eigenvalue weighted by Crippen LogP contribution is 2.31. The summed E-state index contributed by atoms with van der Waals surface area (Å²) in [5.41, 5.74) is 5.93. The van der Waals surface area contributed by atoms with E-state index in [0.717, 1.165) is 5.39 Å². The topological polar surface area (TPSA) is 70.5 Å². The molecule has 1 aromatic heterocycles. The van der Waals surface area contributed by atoms with Gasteiger partial charge in [0.1, 0.15) is 6.61 Å². The predicted molar refractivity (Wildman–Crippen MR) is 55.1 cm³/mol. The molecule has 2 N–H and O–H groups in total. The van der Waals surface area contributed by atoms with Crippen LogP contribution in [0.3, 0.4) is 0 Å². The van der Waals surface area contributed by atoms with E-state index >= 15 is 0 Å². The lowest BCUT2D eigenvalue weighted by Gasteiger charge is -2.00. The van der Waals surface area contributed by atoms with Gasteiger partial charge in [-0.3, -0.25) is 0 Å². The van der Waals surface area contributed by atoms with Crippen LogP contribution in [0.2, 0.25) is 0 Å². The van der Waals surface area contributed by atoms with Crippen LogP contribution in [0.4, 0.5) is 0 Å². The molecule has 0 spiro atoms. The maximum absolute atomic E-state index is 5.34. The Morgan fingerprint density at radius 1 is 1.47 bits per heavy atom. The molecule has 0 amide bonds. The Morgan fingerprint density at radius 3 is 3.07 bits per heavy atom. The zero-order valence-electron chi connectivity index (χ0n) is 8.40. The number of hydrogen-bond acceptors (Lipinski definition) is 5. The van der Waals surface area contributed by atoms with Gasteiger partial charge in [0.15, 0.2) is 5.75 Å². The number of nitrogens with two attached hydrogens (primary N) is 1. The van der Waals surface area contributed by atoms with Crippen molar-refractivity contribution in [2.45, 2.75) is 0 Å². The molecule has 5 heteroatoms. The first kappa shape index (κ1) is 9.79. The van der Waals surface area contributed by atoms with Crippen LogP contribution < -0.4 is 15.2 Å². The summed E-state index contributed by atoms with van der Waals surface area (Å²) >= 11 is 0. The Morgan fingerprint density at radius 2 is 2.33 bits per heavy atom. The van der Waals surface area contributed by atoms with Crippen molar-refractivity contribution in [1.29, 1.82) is 0 Å². The number of aromatic nitrogens is 1. The monoisotopic (exact) mass is 208 g/mol. The van der Waals surface area contributed by atoms with Gasteiger partial charge in [0.05, 0.1) is 12.5 Å². The van der Waals surface area contributed by atoms with Gasteiger partial charge in [-0.1, -0.05) is 6.07 Å². The molecule has 15 heavy (non-hydrogen) atoms. The van der Waals surface area contributed by atoms with Crippen LogP contribution in [0.15, 0.2) is 22.7 Å². The van der Waals surface area contributed by atoms with Crippen LogP contribution in [-0.4, -0.2) is 25.4 Å². The smallest absolute Gasteiger partial charge is 0.262 e. The molecule has 0 saturated carbocycles. The first-order chi connectivity index (χ1) is 7.36. The average Bonchev–Trinajstić information content (AvgIpc) is 2.69. The number of ether oxygens (including phenoxy) is 2. The summed E-state index contributed by atoms with van der Waals surface area (Å²) in [6.07, 6.45) is 0. The number of rotatable bonds is 4. The molecule has 1 aromatic carbocycles. The third kappa shape index (κ3) is 1.73. The van der Waals surface area contributed by atoms with Crippen molar-refractivity contribution < 1.29 is 14.0 Å². The lowest BCUT2D eigenvalue weighted by molar-refractivity contribution is 0.291. The second-order valence-corrected chi connectivity index (χ2v) is 2.96. The lowest BCUT2D eigenvalue weighted by atomic mass is 10.2. The summed E-state index contributed by atoms with van der Waals surface area (Å²) in [5, 5.41) is 4.60. The van der Waals surface area contributed by atoms with E-state index in [4.69, 9.17) is 19.7 Å². The van der Waals surface area contributed by atoms with Gasteiger partial charge < -0.3 is 19.7 Å². The second-order valence-electron chi connectivity index (χ2n) is 2.96. The first-order valence-corrected chi connectivity index (χ1v) is 4.62. The summed E-state index contributed by atoms with van der Waals surface area (Å²) in [5.74, 6) is 1.09. The summed E-state index contributed by atoms with van der Waals surface area (Å²) in [4.78, 5) is 0. The highest BCUT2D eigenvalue weighted by molar-refractivity contribution is 5.86. The summed E-state index contributed by atoms with van der Waals surface area (Å²) in [7, 11) is 1.58. The van der Waals surface area contributed by atoms with Crippen molar-refractivity contribution in [3.8, 4) is 11.6 Å². The van der Waals surface area contributed by atoms with Crippen molar-refractivity contribution in [2.24, 2.45) is 5.73 Å². The van der Waals surface area contributed by atoms with Gasteiger partial charge in [-0.05, 0) is 17.3 Å². The maximum Gasteiger partial charge on any atom is 0.262 e. The van der Waals surface area contributed by atoms with Gasteiger partial charge in [0, 0.05) is 6.54 Å². The highest BCUT2D eigenvalue weighted by Gasteiger charge is 2.12. The van der Waals surface area contributed by atoms with E-state index in [1.807, 2.05) is 12.1 Å². The minimum atomic E-state index is 0.416. The molecule has 2 aromatic rings. The number of nitrogens with zero attached hydrogens (tertiary/aromatic N) is 1. The zero-order valence-corrected chi connectivity index (χ0v) is 8.40. The number of benzene rings is 1. The van der Waals surface area contributed by atoms with Gasteiger partial charge in [-0.15, -0.1) is 0 Å². The lowest BCUT2D eigenvalue weighted by Crippen LogP contribution is -2.10. The zero-order chi connectivity index (χ0) is 10.7. The minimum Gasteiger partial charge on any atom is -0.493 e. The number of methoxy groups -OCH3 is 1. The van der Waals surface area contributed by atoms with Crippen molar-refractivity contribution in [1.82, 2.24) is 5.16 Å². The van der Waals surface area contributed by atoms with E-state index < -0.39 is 0 Å². The van der Waals surface area contributed by atoms with Crippen molar-refractivity contribution in [3.63, 3.8) is 0 Å². The average molecular weight is 208 g/mol. The fourth-order valence-electron chi connectivity index (χ4n) is 1.34. The van der Waals surface area contributed by atoms with E-state index in [1.165, 1.54) is 0 Å². The van der Waals surface area contributed by atoms with E-state index in [9.17, 15) is 0 Å². The Labute approximate surface area is 86.7 Å². The predicted octanol–water partition coefficient (Wildman–Crippen LogP) is 1.17. The quantitative estimate of drug-likeness (QED) is 0.816. The molecule has 0 unspecified atom stereocenters. The maximum atomic E-state index is 5.34. The van der Waals surface area contributed by atoms with Crippen LogP contribution in [-0.2, 0) is 0 Å². The minimum absolute atomic E-state index is 0.416. The first-order valence-electron chi connectivity index (χ1n) is 4.62. The molecule has 0 radical (unpaired) electrons. The molecule has 5 nitrogen and oxygen atoms in total. The van der Waals surface area contributed by atoms with Crippen LogP contribution >= 0.6 is 0 Å². The van der Waals surface area contributed by atoms with Crippen molar-refractivity contribution in [2.75, 3.05) is 20.3 Å². The molecule has 0 atom stereocenters. The van der Waals surface area contributed by atoms with Gasteiger partial charge >= 0.3 is 0 Å². The summed E-state index contributed by atoms with van der Waals surface area (Å²) in [6.45, 7) is 0.858. The third-order valence-corrected chi connectivity index (χ3v) is 2.01. The molecule has 1 heterocycles. The summed E-state index contributed by atoms with van der Waals surface area (Å²) in [6, 6.07) is 5.52. The van der Waals surface area contributed by atoms with E-state index in [1.54, 1.807) is 13.2 Å². The Balaban J connectivity index is 2.42. The normalized spacial score (nSPS) is 10.5. The van der Waals surface area contributed by atoms with Gasteiger partial charge in [-0.2, -0.15) is 0 Å². The van der Waals surface area contributed by atoms with Crippen molar-refractivity contribution in [3.05, 3.63) is 18.2 Å². The van der Waals surface area contributed by atoms with Gasteiger partial charge in [-0.25, -0.2) is 0 Å². The Hall–Kier alpha value is -1.75. The second kappa shape index (κ2) is 4.18. The SMILES string of the molecule is COc1cccc2c(OCCN)noc12. The molecule has 0 bridgehead atoms. The molecule has 0 fully saturated rings. The number of hydrogen-bond donors (Lipinski definition) is 1. The van der Waals surface area contributed by atoms with Gasteiger partial charge in [0.2, 0.25) is 5.58 Å². The van der Waals surface area contributed by atoms with Gasteiger partial charge in [0.25, 0.3) is 5.88 Å². The van der Waals surface area contributed by atoms with Crippen molar-refractivity contribution >= 4 is 11.0 Å². The molecule has 0 aliphatic heterocycles. The largest absolute Gasteiger partial charge is 0.493 e. The van der Waals surface area contributed by atoms with Crippen LogP contribution in [0, 0.1) is 0 Å². The van der Waals surface area contributed by atoms with Crippen LogP contribution in [0.5, 0.6) is 11.6 Å². The molecule has 0 saturated heterocycles. The Kier molecular flexibility index (Phi) is 2.73. The summed E-state index contributed by atoms with van der Waals surface area (Å²) < 4.78 is 15.6. The number of para-hydroxylation sites is 1. The number of fused-ring (bicyclic) bond motifs is 1.